The number of aromatic nitrogens is 5. The van der Waals surface area contributed by atoms with Gasteiger partial charge in [0.25, 0.3) is 0 Å². The molecule has 0 unspecified atom stereocenters. The van der Waals surface area contributed by atoms with E-state index in [1.807, 2.05) is 24.3 Å². The van der Waals surface area contributed by atoms with E-state index in [4.69, 9.17) is 10.5 Å². The average molecular weight is 394 g/mol. The van der Waals surface area contributed by atoms with Crippen LogP contribution in [0.1, 0.15) is 23.7 Å². The molecular formula is C19H22N8O2. The van der Waals surface area contributed by atoms with Gasteiger partial charge in [-0.1, -0.05) is 6.07 Å². The molecule has 3 heterocycles. The Bertz CT molecular complexity index is 992. The lowest BCUT2D eigenvalue weighted by atomic mass is 10.1. The summed E-state index contributed by atoms with van der Waals surface area (Å²) in [5.41, 5.74) is 8.06. The summed E-state index contributed by atoms with van der Waals surface area (Å²) in [6.45, 7) is 2.62. The van der Waals surface area contributed by atoms with Crippen LogP contribution < -0.4 is 16.4 Å². The summed E-state index contributed by atoms with van der Waals surface area (Å²) in [7, 11) is 0. The normalized spacial score (nSPS) is 19.0. The minimum absolute atomic E-state index is 0.0468. The van der Waals surface area contributed by atoms with E-state index >= 15 is 0 Å². The van der Waals surface area contributed by atoms with E-state index in [-0.39, 0.29) is 17.9 Å². The second-order valence-corrected chi connectivity index (χ2v) is 6.78. The smallest absolute Gasteiger partial charge is 0.225 e. The number of nitrogens with zero attached hydrogens (tertiary/aromatic N) is 5. The first-order valence-corrected chi connectivity index (χ1v) is 9.32. The van der Waals surface area contributed by atoms with Gasteiger partial charge in [0.05, 0.1) is 36.3 Å². The maximum Gasteiger partial charge on any atom is 0.225 e. The van der Waals surface area contributed by atoms with Crippen molar-refractivity contribution >= 4 is 23.2 Å². The van der Waals surface area contributed by atoms with E-state index < -0.39 is 0 Å². The van der Waals surface area contributed by atoms with Gasteiger partial charge in [0.15, 0.2) is 5.78 Å². The molecule has 4 rings (SSSR count). The quantitative estimate of drug-likeness (QED) is 0.532. The fourth-order valence-corrected chi connectivity index (χ4v) is 3.07. The Hall–Kier alpha value is -3.37. The molecule has 0 saturated carbocycles. The van der Waals surface area contributed by atoms with Crippen LogP contribution in [0.4, 0.5) is 17.5 Å². The van der Waals surface area contributed by atoms with Gasteiger partial charge in [-0.2, -0.15) is 20.0 Å². The van der Waals surface area contributed by atoms with Gasteiger partial charge in [-0.3, -0.25) is 4.79 Å². The first kappa shape index (κ1) is 19.0. The molecule has 1 aliphatic rings. The van der Waals surface area contributed by atoms with Crippen molar-refractivity contribution in [2.24, 2.45) is 5.73 Å². The molecule has 29 heavy (non-hydrogen) atoms. The zero-order chi connectivity index (χ0) is 20.2. The summed E-state index contributed by atoms with van der Waals surface area (Å²) in [4.78, 5) is 22.3. The van der Waals surface area contributed by atoms with Crippen molar-refractivity contribution in [1.29, 1.82) is 0 Å². The van der Waals surface area contributed by atoms with Gasteiger partial charge >= 0.3 is 0 Å². The summed E-state index contributed by atoms with van der Waals surface area (Å²) < 4.78 is 5.48. The highest BCUT2D eigenvalue weighted by Gasteiger charge is 2.23. The van der Waals surface area contributed by atoms with Crippen molar-refractivity contribution in [1.82, 2.24) is 25.0 Å². The third-order valence-electron chi connectivity index (χ3n) is 4.65. The molecule has 3 aromatic rings. The third-order valence-corrected chi connectivity index (χ3v) is 4.65. The fraction of sp³-hybridized carbons (Fsp3) is 0.316. The Morgan fingerprint density at radius 1 is 1.31 bits per heavy atom. The first-order chi connectivity index (χ1) is 14.1. The second-order valence-electron chi connectivity index (χ2n) is 6.78. The lowest BCUT2D eigenvalue weighted by molar-refractivity contribution is 0.0766. The summed E-state index contributed by atoms with van der Waals surface area (Å²) in [6.07, 6.45) is 5.49. The van der Waals surface area contributed by atoms with Crippen molar-refractivity contribution in [2.75, 3.05) is 23.8 Å². The maximum atomic E-state index is 12.1. The van der Waals surface area contributed by atoms with Crippen molar-refractivity contribution in [3.8, 4) is 5.69 Å². The molecule has 1 fully saturated rings. The first-order valence-electron chi connectivity index (χ1n) is 9.32. The number of hydrogen-bond donors (Lipinski definition) is 3. The number of carbonyl (C=O) groups excluding carboxylic acids is 1. The number of hydrogen-bond acceptors (Lipinski definition) is 9. The van der Waals surface area contributed by atoms with E-state index in [1.165, 1.54) is 17.9 Å². The molecule has 10 heteroatoms. The van der Waals surface area contributed by atoms with E-state index in [0.29, 0.717) is 30.5 Å². The topological polar surface area (TPSA) is 133 Å². The molecule has 2 aromatic heterocycles. The Morgan fingerprint density at radius 2 is 2.14 bits per heavy atom. The molecule has 0 radical (unpaired) electrons. The highest BCUT2D eigenvalue weighted by atomic mass is 16.5. The van der Waals surface area contributed by atoms with Crippen molar-refractivity contribution < 1.29 is 9.53 Å². The maximum absolute atomic E-state index is 12.1. The molecule has 1 saturated heterocycles. The van der Waals surface area contributed by atoms with Gasteiger partial charge in [0.1, 0.15) is 5.82 Å². The number of ether oxygens (including phenoxy) is 1. The van der Waals surface area contributed by atoms with Gasteiger partial charge in [0, 0.05) is 24.5 Å². The SMILES string of the molecule is CC(=O)c1cnc(N[C@@H]2COCC[C@@H]2N)nc1Nc1cccc(-n2nccn2)c1. The lowest BCUT2D eigenvalue weighted by Gasteiger charge is -2.29. The minimum atomic E-state index is -0.137. The molecule has 0 bridgehead atoms. The molecule has 1 aromatic carbocycles. The summed E-state index contributed by atoms with van der Waals surface area (Å²) >= 11 is 0. The summed E-state index contributed by atoms with van der Waals surface area (Å²) in [5, 5.41) is 14.7. The van der Waals surface area contributed by atoms with Crippen LogP contribution in [0.3, 0.4) is 0 Å². The highest BCUT2D eigenvalue weighted by molar-refractivity contribution is 5.99. The van der Waals surface area contributed by atoms with E-state index in [9.17, 15) is 4.79 Å². The zero-order valence-corrected chi connectivity index (χ0v) is 15.9. The Balaban J connectivity index is 1.60. The van der Waals surface area contributed by atoms with Gasteiger partial charge in [-0.15, -0.1) is 0 Å². The van der Waals surface area contributed by atoms with Gasteiger partial charge < -0.3 is 21.1 Å². The number of nitrogens with one attached hydrogen (secondary N) is 2. The minimum Gasteiger partial charge on any atom is -0.379 e. The van der Waals surface area contributed by atoms with Gasteiger partial charge in [-0.25, -0.2) is 4.98 Å². The van der Waals surface area contributed by atoms with E-state index in [1.54, 1.807) is 12.4 Å². The molecule has 4 N–H and O–H groups in total. The number of Topliss-reactive ketones (excluding diaryl/α,β-unsaturated/α-hetero) is 1. The summed E-state index contributed by atoms with van der Waals surface area (Å²) in [5.74, 6) is 0.654. The largest absolute Gasteiger partial charge is 0.379 e. The monoisotopic (exact) mass is 394 g/mol. The lowest BCUT2D eigenvalue weighted by Crippen LogP contribution is -2.47. The second kappa shape index (κ2) is 8.33. The van der Waals surface area contributed by atoms with E-state index in [2.05, 4.69) is 30.8 Å². The average Bonchev–Trinajstić information content (AvgIpc) is 3.25. The zero-order valence-electron chi connectivity index (χ0n) is 15.9. The van der Waals surface area contributed by atoms with Crippen LogP contribution in [0.2, 0.25) is 0 Å². The molecule has 10 nitrogen and oxygen atoms in total. The number of rotatable bonds is 6. The standard InChI is InChI=1S/C19H22N8O2/c1-12(28)15-10-21-19(25-17-11-29-8-5-16(17)20)26-18(15)24-13-3-2-4-14(9-13)27-22-6-7-23-27/h2-4,6-7,9-10,16-17H,5,8,11,20H2,1H3,(H2,21,24,25,26)/t16-,17+/m0/s1. The van der Waals surface area contributed by atoms with Crippen LogP contribution in [0, 0.1) is 0 Å². The predicted molar refractivity (Wildman–Crippen MR) is 108 cm³/mol. The molecule has 150 valence electrons. The van der Waals surface area contributed by atoms with E-state index in [0.717, 1.165) is 17.8 Å². The fourth-order valence-electron chi connectivity index (χ4n) is 3.07. The molecule has 2 atom stereocenters. The van der Waals surface area contributed by atoms with Crippen LogP contribution in [0.5, 0.6) is 0 Å². The molecule has 0 aliphatic carbocycles. The number of anilines is 3. The van der Waals surface area contributed by atoms with Crippen LogP contribution in [0.25, 0.3) is 5.69 Å². The van der Waals surface area contributed by atoms with Crippen LogP contribution in [0.15, 0.2) is 42.9 Å². The van der Waals surface area contributed by atoms with Crippen molar-refractivity contribution in [3.63, 3.8) is 0 Å². The molecule has 1 aliphatic heterocycles. The number of nitrogens with two attached hydrogens (primary N) is 1. The molecule has 0 amide bonds. The van der Waals surface area contributed by atoms with Gasteiger partial charge in [0.2, 0.25) is 5.95 Å². The van der Waals surface area contributed by atoms with Crippen molar-refractivity contribution in [3.05, 3.63) is 48.4 Å². The van der Waals surface area contributed by atoms with Crippen molar-refractivity contribution in [2.45, 2.75) is 25.4 Å². The number of carbonyl (C=O) groups is 1. The Morgan fingerprint density at radius 3 is 2.90 bits per heavy atom. The Labute approximate surface area is 167 Å². The highest BCUT2D eigenvalue weighted by Crippen LogP contribution is 2.22. The summed E-state index contributed by atoms with van der Waals surface area (Å²) in [6, 6.07) is 7.35. The predicted octanol–water partition coefficient (Wildman–Crippen LogP) is 1.53. The molecular weight excluding hydrogens is 372 g/mol. The molecule has 0 spiro atoms. The number of benzene rings is 1. The van der Waals surface area contributed by atoms with Crippen LogP contribution in [-0.4, -0.2) is 56.0 Å². The van der Waals surface area contributed by atoms with Crippen LogP contribution in [-0.2, 0) is 4.74 Å². The third kappa shape index (κ3) is 4.39. The van der Waals surface area contributed by atoms with Gasteiger partial charge in [-0.05, 0) is 31.5 Å². The number of ketones is 1. The van der Waals surface area contributed by atoms with Crippen LogP contribution >= 0.6 is 0 Å². The Kier molecular flexibility index (Phi) is 5.45.